The highest BCUT2D eigenvalue weighted by atomic mass is 16.5. The van der Waals surface area contributed by atoms with E-state index in [1.165, 1.54) is 7.11 Å². The molecule has 0 spiro atoms. The van der Waals surface area contributed by atoms with E-state index in [2.05, 4.69) is 16.0 Å². The smallest absolute Gasteiger partial charge is 0.337 e. The van der Waals surface area contributed by atoms with Gasteiger partial charge in [-0.1, -0.05) is 36.4 Å². The summed E-state index contributed by atoms with van der Waals surface area (Å²) in [5, 5.41) is 9.08. The maximum absolute atomic E-state index is 13.1. The average Bonchev–Trinajstić information content (AvgIpc) is 3.17. The molecule has 3 aromatic rings. The fourth-order valence-corrected chi connectivity index (χ4v) is 3.74. The topological polar surface area (TPSA) is 96.5 Å². The highest BCUT2D eigenvalue weighted by Crippen LogP contribution is 2.38. The van der Waals surface area contributed by atoms with Crippen LogP contribution in [0.15, 0.2) is 72.8 Å². The summed E-state index contributed by atoms with van der Waals surface area (Å²) >= 11 is 0. The van der Waals surface area contributed by atoms with Gasteiger partial charge in [0.25, 0.3) is 11.8 Å². The number of nitrogens with one attached hydrogen (secondary N) is 3. The summed E-state index contributed by atoms with van der Waals surface area (Å²) in [7, 11) is 1.31. The summed E-state index contributed by atoms with van der Waals surface area (Å²) in [4.78, 5) is 37.2. The third kappa shape index (κ3) is 4.68. The first-order chi connectivity index (χ1) is 16.4. The zero-order valence-corrected chi connectivity index (χ0v) is 19.1. The van der Waals surface area contributed by atoms with E-state index in [1.54, 1.807) is 42.5 Å². The Balaban J connectivity index is 1.75. The number of hydrogen-bond donors (Lipinski definition) is 3. The molecule has 1 aliphatic heterocycles. The lowest BCUT2D eigenvalue weighted by atomic mass is 9.99. The van der Waals surface area contributed by atoms with Gasteiger partial charge in [-0.3, -0.25) is 9.59 Å². The lowest BCUT2D eigenvalue weighted by Crippen LogP contribution is -2.29. The van der Waals surface area contributed by atoms with Gasteiger partial charge in [0.05, 0.1) is 29.6 Å². The number of benzene rings is 3. The van der Waals surface area contributed by atoms with E-state index in [4.69, 9.17) is 4.74 Å². The molecule has 0 fully saturated rings. The van der Waals surface area contributed by atoms with Crippen LogP contribution in [0.5, 0.6) is 0 Å². The van der Waals surface area contributed by atoms with Crippen molar-refractivity contribution >= 4 is 40.4 Å². The Kier molecular flexibility index (Phi) is 6.45. The molecule has 0 saturated heterocycles. The Morgan fingerprint density at radius 1 is 0.882 bits per heavy atom. The standard InChI is InChI=1S/C27H25N3O4/c1-16(2)28-25(31)18-9-12-20(13-10-18)29-24(17-7-5-4-6-8-17)23-21-14-11-19(27(33)34-3)15-22(21)30-26(23)32/h4-16,29H,1-3H3,(H,28,31)(H,30,32)/b24-23-. The minimum absolute atomic E-state index is 0.0420. The van der Waals surface area contributed by atoms with Crippen molar-refractivity contribution in [1.29, 1.82) is 0 Å². The van der Waals surface area contributed by atoms with Crippen LogP contribution in [0.1, 0.15) is 45.7 Å². The van der Waals surface area contributed by atoms with Gasteiger partial charge in [0.1, 0.15) is 0 Å². The van der Waals surface area contributed by atoms with Gasteiger partial charge < -0.3 is 20.7 Å². The molecule has 0 radical (unpaired) electrons. The highest BCUT2D eigenvalue weighted by Gasteiger charge is 2.29. The number of carbonyl (C=O) groups excluding carboxylic acids is 3. The van der Waals surface area contributed by atoms with Crippen LogP contribution < -0.4 is 16.0 Å². The second-order valence-electron chi connectivity index (χ2n) is 8.15. The Morgan fingerprint density at radius 2 is 1.56 bits per heavy atom. The molecule has 172 valence electrons. The summed E-state index contributed by atoms with van der Waals surface area (Å²) in [6.07, 6.45) is 0. The van der Waals surface area contributed by atoms with Gasteiger partial charge in [-0.05, 0) is 55.8 Å². The molecule has 3 aromatic carbocycles. The van der Waals surface area contributed by atoms with E-state index in [9.17, 15) is 14.4 Å². The molecular formula is C27H25N3O4. The third-order valence-electron chi connectivity index (χ3n) is 5.33. The van der Waals surface area contributed by atoms with Crippen LogP contribution >= 0.6 is 0 Å². The Bertz CT molecular complexity index is 1280. The maximum Gasteiger partial charge on any atom is 0.337 e. The highest BCUT2D eigenvalue weighted by molar-refractivity contribution is 6.37. The fourth-order valence-electron chi connectivity index (χ4n) is 3.74. The van der Waals surface area contributed by atoms with Gasteiger partial charge in [-0.15, -0.1) is 0 Å². The van der Waals surface area contributed by atoms with Crippen LogP contribution in [0, 0.1) is 0 Å². The van der Waals surface area contributed by atoms with Crippen molar-refractivity contribution in [1.82, 2.24) is 5.32 Å². The normalized spacial score (nSPS) is 13.7. The summed E-state index contributed by atoms with van der Waals surface area (Å²) in [5.74, 6) is -0.900. The van der Waals surface area contributed by atoms with Crippen molar-refractivity contribution in [3.63, 3.8) is 0 Å². The molecule has 0 atom stereocenters. The van der Waals surface area contributed by atoms with Gasteiger partial charge >= 0.3 is 5.97 Å². The predicted molar refractivity (Wildman–Crippen MR) is 132 cm³/mol. The minimum Gasteiger partial charge on any atom is -0.465 e. The van der Waals surface area contributed by atoms with Crippen molar-refractivity contribution in [2.75, 3.05) is 17.7 Å². The van der Waals surface area contributed by atoms with Crippen molar-refractivity contribution in [3.8, 4) is 0 Å². The Hall–Kier alpha value is -4.39. The van der Waals surface area contributed by atoms with E-state index in [0.717, 1.165) is 11.3 Å². The van der Waals surface area contributed by atoms with Crippen molar-refractivity contribution in [3.05, 3.63) is 95.1 Å². The number of amides is 2. The zero-order valence-electron chi connectivity index (χ0n) is 19.1. The molecule has 7 nitrogen and oxygen atoms in total. The lowest BCUT2D eigenvalue weighted by molar-refractivity contribution is -0.110. The summed E-state index contributed by atoms with van der Waals surface area (Å²) in [6, 6.07) is 21.6. The molecule has 1 aliphatic rings. The molecule has 1 heterocycles. The van der Waals surface area contributed by atoms with E-state index in [1.807, 2.05) is 44.2 Å². The Labute approximate surface area is 197 Å². The van der Waals surface area contributed by atoms with E-state index >= 15 is 0 Å². The molecule has 2 amide bonds. The fraction of sp³-hybridized carbons (Fsp3) is 0.148. The molecule has 0 unspecified atom stereocenters. The quantitative estimate of drug-likeness (QED) is 0.375. The molecule has 7 heteroatoms. The number of ether oxygens (including phenoxy) is 1. The van der Waals surface area contributed by atoms with Crippen molar-refractivity contribution in [2.45, 2.75) is 19.9 Å². The summed E-state index contributed by atoms with van der Waals surface area (Å²) in [5.41, 5.74) is 4.73. The molecular weight excluding hydrogens is 430 g/mol. The number of rotatable bonds is 6. The first-order valence-electron chi connectivity index (χ1n) is 10.9. The molecule has 0 bridgehead atoms. The van der Waals surface area contributed by atoms with E-state index < -0.39 is 5.97 Å². The van der Waals surface area contributed by atoms with Crippen LogP contribution in [-0.4, -0.2) is 30.9 Å². The van der Waals surface area contributed by atoms with Crippen LogP contribution in [0.3, 0.4) is 0 Å². The van der Waals surface area contributed by atoms with Gasteiger partial charge in [0.2, 0.25) is 0 Å². The maximum atomic E-state index is 13.1. The molecule has 4 rings (SSSR count). The van der Waals surface area contributed by atoms with Gasteiger partial charge in [-0.2, -0.15) is 0 Å². The van der Waals surface area contributed by atoms with Crippen LogP contribution in [0.25, 0.3) is 11.3 Å². The van der Waals surface area contributed by atoms with Gasteiger partial charge in [-0.25, -0.2) is 4.79 Å². The van der Waals surface area contributed by atoms with Crippen LogP contribution in [0.2, 0.25) is 0 Å². The largest absolute Gasteiger partial charge is 0.465 e. The number of methoxy groups -OCH3 is 1. The average molecular weight is 456 g/mol. The lowest BCUT2D eigenvalue weighted by Gasteiger charge is -2.15. The summed E-state index contributed by atoms with van der Waals surface area (Å²) in [6.45, 7) is 3.82. The SMILES string of the molecule is COC(=O)c1ccc2c(c1)NC(=O)/C2=C(\Nc1ccc(C(=O)NC(C)C)cc1)c1ccccc1. The van der Waals surface area contributed by atoms with Crippen molar-refractivity contribution in [2.24, 2.45) is 0 Å². The van der Waals surface area contributed by atoms with Gasteiger partial charge in [0.15, 0.2) is 0 Å². The van der Waals surface area contributed by atoms with Gasteiger partial charge in [0, 0.05) is 22.9 Å². The monoisotopic (exact) mass is 455 g/mol. The number of carbonyl (C=O) groups is 3. The first-order valence-corrected chi connectivity index (χ1v) is 10.9. The zero-order chi connectivity index (χ0) is 24.2. The predicted octanol–water partition coefficient (Wildman–Crippen LogP) is 4.54. The van der Waals surface area contributed by atoms with Crippen LogP contribution in [0.4, 0.5) is 11.4 Å². The van der Waals surface area contributed by atoms with E-state index in [0.29, 0.717) is 33.6 Å². The Morgan fingerprint density at radius 3 is 2.21 bits per heavy atom. The second-order valence-corrected chi connectivity index (χ2v) is 8.15. The van der Waals surface area contributed by atoms with Crippen molar-refractivity contribution < 1.29 is 19.1 Å². The van der Waals surface area contributed by atoms with Crippen LogP contribution in [-0.2, 0) is 9.53 Å². The number of anilines is 2. The molecule has 3 N–H and O–H groups in total. The number of fused-ring (bicyclic) bond motifs is 1. The van der Waals surface area contributed by atoms with E-state index in [-0.39, 0.29) is 17.9 Å². The minimum atomic E-state index is -0.475. The number of esters is 1. The first kappa shape index (κ1) is 22.8. The molecule has 0 saturated carbocycles. The summed E-state index contributed by atoms with van der Waals surface area (Å²) < 4.78 is 4.79. The molecule has 0 aliphatic carbocycles. The molecule has 34 heavy (non-hydrogen) atoms. The third-order valence-corrected chi connectivity index (χ3v) is 5.33. The second kappa shape index (κ2) is 9.62. The molecule has 0 aromatic heterocycles. The number of hydrogen-bond acceptors (Lipinski definition) is 5.